The molecule has 0 amide bonds. The van der Waals surface area contributed by atoms with Gasteiger partial charge in [-0.1, -0.05) is 31.5 Å². The van der Waals surface area contributed by atoms with Crippen molar-refractivity contribution >= 4 is 0 Å². The zero-order valence-corrected chi connectivity index (χ0v) is 10.6. The minimum atomic E-state index is 0.108. The molecule has 1 aliphatic heterocycles. The van der Waals surface area contributed by atoms with Gasteiger partial charge in [0.05, 0.1) is 19.3 Å². The zero-order chi connectivity index (χ0) is 12.1. The number of para-hydroxylation sites is 1. The van der Waals surface area contributed by atoms with Gasteiger partial charge in [0.25, 0.3) is 0 Å². The Morgan fingerprint density at radius 1 is 1.35 bits per heavy atom. The molecule has 1 aromatic rings. The van der Waals surface area contributed by atoms with Crippen LogP contribution in [-0.2, 0) is 4.74 Å². The lowest BCUT2D eigenvalue weighted by atomic mass is 10.1. The smallest absolute Gasteiger partial charge is 0.124 e. The maximum absolute atomic E-state index is 6.11. The summed E-state index contributed by atoms with van der Waals surface area (Å²) in [5.41, 5.74) is 1.14. The summed E-state index contributed by atoms with van der Waals surface area (Å²) >= 11 is 0. The third kappa shape index (κ3) is 2.99. The summed E-state index contributed by atoms with van der Waals surface area (Å²) < 4.78 is 11.5. The quantitative estimate of drug-likeness (QED) is 0.870. The van der Waals surface area contributed by atoms with E-state index in [1.165, 1.54) is 0 Å². The molecule has 17 heavy (non-hydrogen) atoms. The van der Waals surface area contributed by atoms with Crippen molar-refractivity contribution in [3.8, 4) is 5.75 Å². The molecule has 0 radical (unpaired) electrons. The molecule has 1 N–H and O–H groups in total. The molecule has 1 fully saturated rings. The number of hydrogen-bond donors (Lipinski definition) is 1. The molecule has 3 heteroatoms. The predicted molar refractivity (Wildman–Crippen MR) is 68.4 cm³/mol. The minimum absolute atomic E-state index is 0.108. The van der Waals surface area contributed by atoms with Crippen molar-refractivity contribution in [2.75, 3.05) is 20.2 Å². The third-order valence-corrected chi connectivity index (χ3v) is 3.15. The van der Waals surface area contributed by atoms with E-state index in [1.54, 1.807) is 7.11 Å². The molecular weight excluding hydrogens is 214 g/mol. The van der Waals surface area contributed by atoms with E-state index in [-0.39, 0.29) is 6.10 Å². The molecule has 2 atom stereocenters. The van der Waals surface area contributed by atoms with Gasteiger partial charge in [-0.25, -0.2) is 0 Å². The Kier molecular flexibility index (Phi) is 4.40. The van der Waals surface area contributed by atoms with E-state index in [0.717, 1.165) is 37.2 Å². The number of methoxy groups -OCH3 is 1. The molecule has 2 rings (SSSR count). The van der Waals surface area contributed by atoms with Gasteiger partial charge in [-0.05, 0) is 12.5 Å². The van der Waals surface area contributed by atoms with E-state index in [9.17, 15) is 0 Å². The van der Waals surface area contributed by atoms with Gasteiger partial charge in [-0.3, -0.25) is 0 Å². The van der Waals surface area contributed by atoms with Crippen LogP contribution in [0.2, 0.25) is 0 Å². The first kappa shape index (κ1) is 12.4. The van der Waals surface area contributed by atoms with Crippen molar-refractivity contribution in [2.24, 2.45) is 0 Å². The number of hydrogen-bond acceptors (Lipinski definition) is 3. The van der Waals surface area contributed by atoms with Crippen LogP contribution in [0.3, 0.4) is 0 Å². The van der Waals surface area contributed by atoms with Crippen molar-refractivity contribution in [2.45, 2.75) is 32.0 Å². The molecule has 0 saturated carbocycles. The standard InChI is InChI=1S/C14H21NO2/c1-3-6-11-9-15-10-14(17-11)12-7-4-5-8-13(12)16-2/h4-5,7-8,11,14-15H,3,6,9-10H2,1-2H3. The highest BCUT2D eigenvalue weighted by molar-refractivity contribution is 5.35. The average molecular weight is 235 g/mol. The molecule has 94 valence electrons. The molecule has 3 nitrogen and oxygen atoms in total. The molecule has 2 unspecified atom stereocenters. The van der Waals surface area contributed by atoms with Gasteiger partial charge in [0.2, 0.25) is 0 Å². The number of benzene rings is 1. The summed E-state index contributed by atoms with van der Waals surface area (Å²) in [5, 5.41) is 3.44. The van der Waals surface area contributed by atoms with E-state index in [1.807, 2.05) is 18.2 Å². The molecule has 0 bridgehead atoms. The fraction of sp³-hybridized carbons (Fsp3) is 0.571. The van der Waals surface area contributed by atoms with Crippen LogP contribution in [0.5, 0.6) is 5.75 Å². The highest BCUT2D eigenvalue weighted by Crippen LogP contribution is 2.30. The fourth-order valence-corrected chi connectivity index (χ4v) is 2.31. The van der Waals surface area contributed by atoms with Crippen LogP contribution >= 0.6 is 0 Å². The summed E-state index contributed by atoms with van der Waals surface area (Å²) in [6.45, 7) is 4.01. The van der Waals surface area contributed by atoms with Crippen LogP contribution < -0.4 is 10.1 Å². The lowest BCUT2D eigenvalue weighted by Crippen LogP contribution is -2.40. The van der Waals surface area contributed by atoms with Crippen LogP contribution in [0.4, 0.5) is 0 Å². The topological polar surface area (TPSA) is 30.5 Å². The highest BCUT2D eigenvalue weighted by Gasteiger charge is 2.24. The van der Waals surface area contributed by atoms with Crippen LogP contribution in [0.1, 0.15) is 31.4 Å². The second-order valence-corrected chi connectivity index (χ2v) is 4.44. The summed E-state index contributed by atoms with van der Waals surface area (Å²) in [5.74, 6) is 0.913. The second kappa shape index (κ2) is 6.03. The monoisotopic (exact) mass is 235 g/mol. The summed E-state index contributed by atoms with van der Waals surface area (Å²) in [7, 11) is 1.71. The van der Waals surface area contributed by atoms with E-state index in [4.69, 9.17) is 9.47 Å². The van der Waals surface area contributed by atoms with Crippen molar-refractivity contribution in [1.82, 2.24) is 5.32 Å². The van der Waals surface area contributed by atoms with Crippen molar-refractivity contribution < 1.29 is 9.47 Å². The normalized spacial score (nSPS) is 24.6. The van der Waals surface area contributed by atoms with Crippen molar-refractivity contribution in [3.05, 3.63) is 29.8 Å². The van der Waals surface area contributed by atoms with E-state index in [0.29, 0.717) is 6.10 Å². The summed E-state index contributed by atoms with van der Waals surface area (Å²) in [6, 6.07) is 8.09. The van der Waals surface area contributed by atoms with E-state index in [2.05, 4.69) is 18.3 Å². The second-order valence-electron chi connectivity index (χ2n) is 4.44. The Hall–Kier alpha value is -1.06. The maximum atomic E-state index is 6.11. The van der Waals surface area contributed by atoms with Crippen LogP contribution in [0, 0.1) is 0 Å². The molecule has 1 heterocycles. The number of ether oxygens (including phenoxy) is 2. The maximum Gasteiger partial charge on any atom is 0.124 e. The Labute approximate surface area is 103 Å². The van der Waals surface area contributed by atoms with Crippen molar-refractivity contribution in [1.29, 1.82) is 0 Å². The Morgan fingerprint density at radius 2 is 2.18 bits per heavy atom. The van der Waals surface area contributed by atoms with Crippen LogP contribution in [-0.4, -0.2) is 26.3 Å². The van der Waals surface area contributed by atoms with Gasteiger partial charge in [0, 0.05) is 18.7 Å². The Bertz CT molecular complexity index is 352. The largest absolute Gasteiger partial charge is 0.496 e. The lowest BCUT2D eigenvalue weighted by Gasteiger charge is -2.31. The van der Waals surface area contributed by atoms with Gasteiger partial charge in [-0.2, -0.15) is 0 Å². The van der Waals surface area contributed by atoms with Gasteiger partial charge >= 0.3 is 0 Å². The molecule has 1 aliphatic rings. The molecule has 1 aromatic carbocycles. The fourth-order valence-electron chi connectivity index (χ4n) is 2.31. The van der Waals surface area contributed by atoms with Gasteiger partial charge < -0.3 is 14.8 Å². The number of rotatable bonds is 4. The van der Waals surface area contributed by atoms with Crippen LogP contribution in [0.25, 0.3) is 0 Å². The molecule has 0 aromatic heterocycles. The van der Waals surface area contributed by atoms with Crippen LogP contribution in [0.15, 0.2) is 24.3 Å². The highest BCUT2D eigenvalue weighted by atomic mass is 16.5. The first-order chi connectivity index (χ1) is 8.35. The average Bonchev–Trinajstić information content (AvgIpc) is 2.39. The SMILES string of the molecule is CCCC1CNCC(c2ccccc2OC)O1. The first-order valence-electron chi connectivity index (χ1n) is 6.34. The minimum Gasteiger partial charge on any atom is -0.496 e. The molecular formula is C14H21NO2. The molecule has 1 saturated heterocycles. The molecule has 0 spiro atoms. The summed E-state index contributed by atoms with van der Waals surface area (Å²) in [4.78, 5) is 0. The first-order valence-corrected chi connectivity index (χ1v) is 6.34. The van der Waals surface area contributed by atoms with E-state index < -0.39 is 0 Å². The Balaban J connectivity index is 2.10. The Morgan fingerprint density at radius 3 is 2.94 bits per heavy atom. The van der Waals surface area contributed by atoms with E-state index >= 15 is 0 Å². The van der Waals surface area contributed by atoms with Gasteiger partial charge in [0.1, 0.15) is 5.75 Å². The van der Waals surface area contributed by atoms with Crippen molar-refractivity contribution in [3.63, 3.8) is 0 Å². The zero-order valence-electron chi connectivity index (χ0n) is 10.6. The summed E-state index contributed by atoms with van der Waals surface area (Å²) in [6.07, 6.45) is 2.70. The van der Waals surface area contributed by atoms with Gasteiger partial charge in [0.15, 0.2) is 0 Å². The predicted octanol–water partition coefficient (Wildman–Crippen LogP) is 2.52. The van der Waals surface area contributed by atoms with Gasteiger partial charge in [-0.15, -0.1) is 0 Å². The molecule has 0 aliphatic carbocycles. The number of morpholine rings is 1. The lowest BCUT2D eigenvalue weighted by molar-refractivity contribution is -0.0433. The number of nitrogens with one attached hydrogen (secondary N) is 1. The third-order valence-electron chi connectivity index (χ3n) is 3.15.